The maximum atomic E-state index is 3.63. The zero-order valence-corrected chi connectivity index (χ0v) is 10.5. The molecule has 1 aliphatic heterocycles. The Bertz CT molecular complexity index is 338. The quantitative estimate of drug-likeness (QED) is 0.821. The molecule has 1 aliphatic rings. The van der Waals surface area contributed by atoms with Crippen LogP contribution in [-0.2, 0) is 0 Å². The summed E-state index contributed by atoms with van der Waals surface area (Å²) in [5, 5.41) is 3.63. The average molecular weight is 218 g/mol. The normalized spacial score (nSPS) is 25.4. The molecule has 0 amide bonds. The summed E-state index contributed by atoms with van der Waals surface area (Å²) in [7, 11) is 4.19. The lowest BCUT2D eigenvalue weighted by atomic mass is 9.92. The molecule has 2 nitrogen and oxygen atoms in total. The fourth-order valence-electron chi connectivity index (χ4n) is 2.30. The summed E-state index contributed by atoms with van der Waals surface area (Å²) in [6.45, 7) is 3.47. The largest absolute Gasteiger partial charge is 0.378 e. The van der Waals surface area contributed by atoms with Gasteiger partial charge in [0, 0.05) is 25.8 Å². The highest BCUT2D eigenvalue weighted by molar-refractivity contribution is 5.47. The average Bonchev–Trinajstić information content (AvgIpc) is 2.30. The van der Waals surface area contributed by atoms with Crippen molar-refractivity contribution in [2.24, 2.45) is 5.92 Å². The van der Waals surface area contributed by atoms with Crippen LogP contribution in [0.1, 0.15) is 31.4 Å². The zero-order valence-electron chi connectivity index (χ0n) is 10.5. The number of rotatable bonds is 2. The molecule has 0 unspecified atom stereocenters. The Morgan fingerprint density at radius 3 is 2.69 bits per heavy atom. The van der Waals surface area contributed by atoms with Crippen molar-refractivity contribution in [1.29, 1.82) is 0 Å². The van der Waals surface area contributed by atoms with Crippen molar-refractivity contribution in [3.05, 3.63) is 29.8 Å². The number of hydrogen-bond acceptors (Lipinski definition) is 2. The molecule has 2 atom stereocenters. The monoisotopic (exact) mass is 218 g/mol. The van der Waals surface area contributed by atoms with Gasteiger partial charge in [0.2, 0.25) is 0 Å². The Hall–Kier alpha value is -1.02. The van der Waals surface area contributed by atoms with E-state index in [-0.39, 0.29) is 0 Å². The number of benzene rings is 1. The van der Waals surface area contributed by atoms with Gasteiger partial charge in [0.25, 0.3) is 0 Å². The third kappa shape index (κ3) is 2.56. The SMILES string of the molecule is C[C@@H]1CC[C@@H](c2cccc(N(C)C)c2)NC1. The van der Waals surface area contributed by atoms with Gasteiger partial charge in [0.1, 0.15) is 0 Å². The predicted octanol–water partition coefficient (Wildman–Crippen LogP) is 2.81. The molecular formula is C14H22N2. The van der Waals surface area contributed by atoms with E-state index in [9.17, 15) is 0 Å². The van der Waals surface area contributed by atoms with Crippen LogP contribution >= 0.6 is 0 Å². The number of anilines is 1. The van der Waals surface area contributed by atoms with Gasteiger partial charge in [-0.1, -0.05) is 19.1 Å². The summed E-state index contributed by atoms with van der Waals surface area (Å²) in [4.78, 5) is 2.16. The highest BCUT2D eigenvalue weighted by atomic mass is 15.1. The second kappa shape index (κ2) is 4.88. The lowest BCUT2D eigenvalue weighted by Gasteiger charge is -2.28. The van der Waals surface area contributed by atoms with Gasteiger partial charge in [0.15, 0.2) is 0 Å². The topological polar surface area (TPSA) is 15.3 Å². The Kier molecular flexibility index (Phi) is 3.49. The summed E-state index contributed by atoms with van der Waals surface area (Å²) in [6.07, 6.45) is 2.60. The maximum Gasteiger partial charge on any atom is 0.0364 e. The predicted molar refractivity (Wildman–Crippen MR) is 69.9 cm³/mol. The fraction of sp³-hybridized carbons (Fsp3) is 0.571. The van der Waals surface area contributed by atoms with E-state index in [0.29, 0.717) is 6.04 Å². The first-order valence-corrected chi connectivity index (χ1v) is 6.17. The van der Waals surface area contributed by atoms with E-state index in [4.69, 9.17) is 0 Å². The van der Waals surface area contributed by atoms with Crippen LogP contribution in [0, 0.1) is 5.92 Å². The van der Waals surface area contributed by atoms with Crippen LogP contribution in [0.15, 0.2) is 24.3 Å². The summed E-state index contributed by atoms with van der Waals surface area (Å²) >= 11 is 0. The van der Waals surface area contributed by atoms with Crippen molar-refractivity contribution in [3.8, 4) is 0 Å². The van der Waals surface area contributed by atoms with Crippen LogP contribution in [-0.4, -0.2) is 20.6 Å². The van der Waals surface area contributed by atoms with Gasteiger partial charge in [-0.3, -0.25) is 0 Å². The molecule has 2 heteroatoms. The zero-order chi connectivity index (χ0) is 11.5. The van der Waals surface area contributed by atoms with E-state index >= 15 is 0 Å². The Morgan fingerprint density at radius 1 is 1.25 bits per heavy atom. The van der Waals surface area contributed by atoms with Gasteiger partial charge in [-0.25, -0.2) is 0 Å². The number of nitrogens with one attached hydrogen (secondary N) is 1. The first-order chi connectivity index (χ1) is 7.66. The lowest BCUT2D eigenvalue weighted by molar-refractivity contribution is 0.333. The molecular weight excluding hydrogens is 196 g/mol. The minimum atomic E-state index is 0.552. The summed E-state index contributed by atoms with van der Waals surface area (Å²) < 4.78 is 0. The van der Waals surface area contributed by atoms with E-state index in [1.807, 2.05) is 0 Å². The molecule has 1 N–H and O–H groups in total. The van der Waals surface area contributed by atoms with Crippen LogP contribution in [0.4, 0.5) is 5.69 Å². The first-order valence-electron chi connectivity index (χ1n) is 6.17. The molecule has 0 aliphatic carbocycles. The Balaban J connectivity index is 2.11. The minimum absolute atomic E-state index is 0.552. The van der Waals surface area contributed by atoms with Gasteiger partial charge in [-0.05, 0) is 43.0 Å². The van der Waals surface area contributed by atoms with Crippen LogP contribution < -0.4 is 10.2 Å². The van der Waals surface area contributed by atoms with E-state index < -0.39 is 0 Å². The Labute approximate surface area is 98.7 Å². The molecule has 0 spiro atoms. The molecule has 0 bridgehead atoms. The molecule has 1 fully saturated rings. The van der Waals surface area contributed by atoms with Crippen LogP contribution in [0.3, 0.4) is 0 Å². The van der Waals surface area contributed by atoms with Gasteiger partial charge >= 0.3 is 0 Å². The van der Waals surface area contributed by atoms with Crippen LogP contribution in [0.2, 0.25) is 0 Å². The number of hydrogen-bond donors (Lipinski definition) is 1. The smallest absolute Gasteiger partial charge is 0.0364 e. The highest BCUT2D eigenvalue weighted by Crippen LogP contribution is 2.27. The molecule has 0 saturated carbocycles. The molecule has 1 aromatic carbocycles. The van der Waals surface area contributed by atoms with Crippen molar-refractivity contribution in [2.75, 3.05) is 25.5 Å². The maximum absolute atomic E-state index is 3.63. The summed E-state index contributed by atoms with van der Waals surface area (Å²) in [5.41, 5.74) is 2.72. The van der Waals surface area contributed by atoms with Crippen molar-refractivity contribution in [2.45, 2.75) is 25.8 Å². The third-order valence-electron chi connectivity index (χ3n) is 3.45. The highest BCUT2D eigenvalue weighted by Gasteiger charge is 2.18. The fourth-order valence-corrected chi connectivity index (χ4v) is 2.30. The van der Waals surface area contributed by atoms with Gasteiger partial charge < -0.3 is 10.2 Å². The van der Waals surface area contributed by atoms with Crippen molar-refractivity contribution >= 4 is 5.69 Å². The number of piperidine rings is 1. The molecule has 16 heavy (non-hydrogen) atoms. The summed E-state index contributed by atoms with van der Waals surface area (Å²) in [5.74, 6) is 0.827. The second-order valence-electron chi connectivity index (χ2n) is 5.13. The van der Waals surface area contributed by atoms with Gasteiger partial charge in [-0.2, -0.15) is 0 Å². The summed E-state index contributed by atoms with van der Waals surface area (Å²) in [6, 6.07) is 9.41. The molecule has 1 aromatic rings. The van der Waals surface area contributed by atoms with Crippen molar-refractivity contribution < 1.29 is 0 Å². The molecule has 0 radical (unpaired) electrons. The molecule has 2 rings (SSSR count). The molecule has 1 heterocycles. The molecule has 0 aromatic heterocycles. The standard InChI is InChI=1S/C14H22N2/c1-11-7-8-14(15-10-11)12-5-4-6-13(9-12)16(2)3/h4-6,9,11,14-15H,7-8,10H2,1-3H3/t11-,14+/m1/s1. The molecule has 88 valence electrons. The van der Waals surface area contributed by atoms with Crippen molar-refractivity contribution in [3.63, 3.8) is 0 Å². The number of nitrogens with zero attached hydrogens (tertiary/aromatic N) is 1. The van der Waals surface area contributed by atoms with Crippen molar-refractivity contribution in [1.82, 2.24) is 5.32 Å². The van der Waals surface area contributed by atoms with Gasteiger partial charge in [-0.15, -0.1) is 0 Å². The van der Waals surface area contributed by atoms with Crippen LogP contribution in [0.5, 0.6) is 0 Å². The minimum Gasteiger partial charge on any atom is -0.378 e. The van der Waals surface area contributed by atoms with E-state index in [1.165, 1.54) is 24.1 Å². The molecule has 1 saturated heterocycles. The van der Waals surface area contributed by atoms with Crippen LogP contribution in [0.25, 0.3) is 0 Å². The second-order valence-corrected chi connectivity index (χ2v) is 5.13. The van der Waals surface area contributed by atoms with E-state index in [1.54, 1.807) is 0 Å². The van der Waals surface area contributed by atoms with Gasteiger partial charge in [0.05, 0.1) is 0 Å². The Morgan fingerprint density at radius 2 is 2.06 bits per heavy atom. The van der Waals surface area contributed by atoms with E-state index in [0.717, 1.165) is 12.5 Å². The van der Waals surface area contributed by atoms with E-state index in [2.05, 4.69) is 55.5 Å². The third-order valence-corrected chi connectivity index (χ3v) is 3.45. The first kappa shape index (κ1) is 11.5. The lowest BCUT2D eigenvalue weighted by Crippen LogP contribution is -2.31.